The average molecular weight is 194 g/mol. The van der Waals surface area contributed by atoms with E-state index >= 15 is 0 Å². The third-order valence-electron chi connectivity index (χ3n) is 2.31. The molecule has 2 atom stereocenters. The molecular weight excluding hydrogens is 176 g/mol. The number of ether oxygens (including phenoxy) is 1. The van der Waals surface area contributed by atoms with E-state index < -0.39 is 0 Å². The predicted molar refractivity (Wildman–Crippen MR) is 57.3 cm³/mol. The zero-order chi connectivity index (χ0) is 10.6. The van der Waals surface area contributed by atoms with Gasteiger partial charge in [-0.2, -0.15) is 0 Å². The Morgan fingerprint density at radius 2 is 2.07 bits per heavy atom. The summed E-state index contributed by atoms with van der Waals surface area (Å²) in [6, 6.07) is 8.15. The van der Waals surface area contributed by atoms with Crippen LogP contribution in [0.2, 0.25) is 0 Å². The van der Waals surface area contributed by atoms with Crippen LogP contribution in [0.15, 0.2) is 24.3 Å². The molecule has 0 bridgehead atoms. The molecule has 0 aliphatic carbocycles. The van der Waals surface area contributed by atoms with Crippen molar-refractivity contribution in [2.24, 2.45) is 0 Å². The highest BCUT2D eigenvalue weighted by Gasteiger charge is 2.05. The van der Waals surface area contributed by atoms with Crippen LogP contribution in [0.3, 0.4) is 0 Å². The van der Waals surface area contributed by atoms with Crippen molar-refractivity contribution in [3.05, 3.63) is 35.4 Å². The number of benzene rings is 1. The van der Waals surface area contributed by atoms with Crippen LogP contribution in [-0.4, -0.2) is 18.3 Å². The molecule has 0 radical (unpaired) electrons. The Morgan fingerprint density at radius 3 is 2.64 bits per heavy atom. The molecule has 0 fully saturated rings. The molecule has 1 aromatic rings. The average Bonchev–Trinajstić information content (AvgIpc) is 2.16. The summed E-state index contributed by atoms with van der Waals surface area (Å²) in [4.78, 5) is 0. The minimum Gasteiger partial charge on any atom is -0.393 e. The first kappa shape index (κ1) is 11.2. The minimum atomic E-state index is -0.289. The Kier molecular flexibility index (Phi) is 4.11. The Labute approximate surface area is 85.5 Å². The summed E-state index contributed by atoms with van der Waals surface area (Å²) in [5.74, 6) is 0. The molecule has 2 unspecified atom stereocenters. The first-order valence-corrected chi connectivity index (χ1v) is 4.93. The van der Waals surface area contributed by atoms with Gasteiger partial charge in [0.1, 0.15) is 0 Å². The number of aliphatic hydroxyl groups excluding tert-OH is 1. The zero-order valence-corrected chi connectivity index (χ0v) is 9.03. The number of hydrogen-bond donors (Lipinski definition) is 1. The maximum Gasteiger partial charge on any atom is 0.0793 e. The van der Waals surface area contributed by atoms with Gasteiger partial charge in [-0.05, 0) is 31.4 Å². The summed E-state index contributed by atoms with van der Waals surface area (Å²) in [6.07, 6.45) is 0.525. The van der Waals surface area contributed by atoms with Crippen molar-refractivity contribution in [2.45, 2.75) is 32.5 Å². The summed E-state index contributed by atoms with van der Waals surface area (Å²) < 4.78 is 5.23. The summed E-state index contributed by atoms with van der Waals surface area (Å²) in [6.45, 7) is 3.81. The topological polar surface area (TPSA) is 29.5 Å². The van der Waals surface area contributed by atoms with Gasteiger partial charge >= 0.3 is 0 Å². The van der Waals surface area contributed by atoms with Crippen molar-refractivity contribution >= 4 is 0 Å². The molecule has 0 heterocycles. The van der Waals surface area contributed by atoms with E-state index in [1.54, 1.807) is 14.0 Å². The maximum atomic E-state index is 9.26. The molecular formula is C12H18O2. The first-order valence-electron chi connectivity index (χ1n) is 4.93. The molecule has 1 rings (SSSR count). The number of aliphatic hydroxyl groups is 1. The van der Waals surface area contributed by atoms with Gasteiger partial charge in [-0.25, -0.2) is 0 Å². The van der Waals surface area contributed by atoms with Crippen molar-refractivity contribution in [2.75, 3.05) is 7.11 Å². The predicted octanol–water partition coefficient (Wildman–Crippen LogP) is 2.32. The van der Waals surface area contributed by atoms with E-state index in [4.69, 9.17) is 4.74 Å². The molecule has 2 heteroatoms. The van der Waals surface area contributed by atoms with Crippen LogP contribution in [0.5, 0.6) is 0 Å². The van der Waals surface area contributed by atoms with E-state index in [1.807, 2.05) is 25.1 Å². The van der Waals surface area contributed by atoms with E-state index in [9.17, 15) is 5.11 Å². The van der Waals surface area contributed by atoms with Gasteiger partial charge in [0, 0.05) is 7.11 Å². The Balaban J connectivity index is 2.78. The molecule has 2 nitrogen and oxygen atoms in total. The molecule has 0 saturated heterocycles. The normalized spacial score (nSPS) is 15.1. The molecule has 0 amide bonds. The van der Waals surface area contributed by atoms with E-state index in [2.05, 4.69) is 6.07 Å². The van der Waals surface area contributed by atoms with Gasteiger partial charge in [0.05, 0.1) is 12.2 Å². The van der Waals surface area contributed by atoms with Crippen LogP contribution in [-0.2, 0) is 11.2 Å². The highest BCUT2D eigenvalue weighted by atomic mass is 16.5. The number of hydrogen-bond acceptors (Lipinski definition) is 2. The van der Waals surface area contributed by atoms with E-state index in [0.717, 1.165) is 11.1 Å². The smallest absolute Gasteiger partial charge is 0.0793 e. The lowest BCUT2D eigenvalue weighted by Crippen LogP contribution is -2.05. The molecule has 0 aliphatic rings. The molecule has 0 spiro atoms. The number of methoxy groups -OCH3 is 1. The molecule has 14 heavy (non-hydrogen) atoms. The van der Waals surface area contributed by atoms with Crippen LogP contribution in [0.4, 0.5) is 0 Å². The van der Waals surface area contributed by atoms with Gasteiger partial charge in [0.25, 0.3) is 0 Å². The lowest BCUT2D eigenvalue weighted by molar-refractivity contribution is 0.119. The number of rotatable bonds is 4. The molecule has 78 valence electrons. The third-order valence-corrected chi connectivity index (χ3v) is 2.31. The Bertz CT molecular complexity index is 281. The van der Waals surface area contributed by atoms with E-state index in [1.165, 1.54) is 0 Å². The fourth-order valence-electron chi connectivity index (χ4n) is 1.45. The van der Waals surface area contributed by atoms with Crippen molar-refractivity contribution in [3.8, 4) is 0 Å². The lowest BCUT2D eigenvalue weighted by Gasteiger charge is -2.12. The van der Waals surface area contributed by atoms with Crippen molar-refractivity contribution in [1.82, 2.24) is 0 Å². The minimum absolute atomic E-state index is 0.115. The quantitative estimate of drug-likeness (QED) is 0.797. The third kappa shape index (κ3) is 3.13. The fourth-order valence-corrected chi connectivity index (χ4v) is 1.45. The summed E-state index contributed by atoms with van der Waals surface area (Å²) in [7, 11) is 1.70. The Morgan fingerprint density at radius 1 is 1.36 bits per heavy atom. The SMILES string of the molecule is COC(C)c1cccc(CC(C)O)c1. The van der Waals surface area contributed by atoms with Crippen LogP contribution >= 0.6 is 0 Å². The van der Waals surface area contributed by atoms with Gasteiger partial charge < -0.3 is 9.84 Å². The van der Waals surface area contributed by atoms with Crippen LogP contribution in [0, 0.1) is 0 Å². The summed E-state index contributed by atoms with van der Waals surface area (Å²) in [5.41, 5.74) is 2.31. The second-order valence-corrected chi connectivity index (χ2v) is 3.68. The molecule has 0 aliphatic heterocycles. The van der Waals surface area contributed by atoms with E-state index in [0.29, 0.717) is 6.42 Å². The van der Waals surface area contributed by atoms with Crippen molar-refractivity contribution < 1.29 is 9.84 Å². The second kappa shape index (κ2) is 5.13. The summed E-state index contributed by atoms with van der Waals surface area (Å²) in [5, 5.41) is 9.26. The van der Waals surface area contributed by atoms with Crippen molar-refractivity contribution in [1.29, 1.82) is 0 Å². The van der Waals surface area contributed by atoms with Crippen LogP contribution in [0.25, 0.3) is 0 Å². The molecule has 0 saturated carbocycles. The fraction of sp³-hybridized carbons (Fsp3) is 0.500. The van der Waals surface area contributed by atoms with E-state index in [-0.39, 0.29) is 12.2 Å². The molecule has 1 aromatic carbocycles. The standard InChI is InChI=1S/C12H18O2/c1-9(13)7-11-5-4-6-12(8-11)10(2)14-3/h4-6,8-10,13H,7H2,1-3H3. The summed E-state index contributed by atoms with van der Waals surface area (Å²) >= 11 is 0. The van der Waals surface area contributed by atoms with Crippen molar-refractivity contribution in [3.63, 3.8) is 0 Å². The lowest BCUT2D eigenvalue weighted by atomic mass is 10.0. The van der Waals surface area contributed by atoms with Gasteiger partial charge in [0.15, 0.2) is 0 Å². The van der Waals surface area contributed by atoms with Gasteiger partial charge in [-0.15, -0.1) is 0 Å². The van der Waals surface area contributed by atoms with Gasteiger partial charge in [-0.1, -0.05) is 24.3 Å². The zero-order valence-electron chi connectivity index (χ0n) is 9.03. The maximum absolute atomic E-state index is 9.26. The van der Waals surface area contributed by atoms with Gasteiger partial charge in [-0.3, -0.25) is 0 Å². The van der Waals surface area contributed by atoms with Crippen LogP contribution in [0.1, 0.15) is 31.1 Å². The first-order chi connectivity index (χ1) is 6.63. The van der Waals surface area contributed by atoms with Crippen LogP contribution < -0.4 is 0 Å². The molecule has 1 N–H and O–H groups in total. The van der Waals surface area contributed by atoms with Gasteiger partial charge in [0.2, 0.25) is 0 Å². The Hall–Kier alpha value is -0.860. The monoisotopic (exact) mass is 194 g/mol. The highest BCUT2D eigenvalue weighted by Crippen LogP contribution is 2.17. The largest absolute Gasteiger partial charge is 0.393 e. The molecule has 0 aromatic heterocycles. The highest BCUT2D eigenvalue weighted by molar-refractivity contribution is 5.25. The second-order valence-electron chi connectivity index (χ2n) is 3.68.